The van der Waals surface area contributed by atoms with Gasteiger partial charge in [0, 0.05) is 38.4 Å². The van der Waals surface area contributed by atoms with Crippen LogP contribution >= 0.6 is 12.4 Å². The summed E-state index contributed by atoms with van der Waals surface area (Å²) in [5, 5.41) is 0. The minimum atomic E-state index is 0. The highest BCUT2D eigenvalue weighted by Crippen LogP contribution is 2.21. The minimum absolute atomic E-state index is 0. The van der Waals surface area contributed by atoms with Gasteiger partial charge in [0.2, 0.25) is 0 Å². The molecular weight excluding hydrogens is 296 g/mol. The first-order valence-electron chi connectivity index (χ1n) is 8.13. The van der Waals surface area contributed by atoms with Gasteiger partial charge in [-0.05, 0) is 57.7 Å². The van der Waals surface area contributed by atoms with Crippen molar-refractivity contribution in [1.29, 1.82) is 0 Å². The van der Waals surface area contributed by atoms with Crippen LogP contribution in [0.3, 0.4) is 0 Å². The maximum absolute atomic E-state index is 6.06. The van der Waals surface area contributed by atoms with E-state index in [9.17, 15) is 0 Å². The predicted octanol–water partition coefficient (Wildman–Crippen LogP) is 2.91. The summed E-state index contributed by atoms with van der Waals surface area (Å²) in [6.07, 6.45) is 4.54. The highest BCUT2D eigenvalue weighted by Gasteiger charge is 2.22. The van der Waals surface area contributed by atoms with Crippen LogP contribution in [0.15, 0.2) is 18.3 Å². The number of hydrogen-bond donors (Lipinski definition) is 1. The van der Waals surface area contributed by atoms with E-state index in [0.29, 0.717) is 18.0 Å². The summed E-state index contributed by atoms with van der Waals surface area (Å²) in [4.78, 5) is 9.30. The number of anilines is 1. The monoisotopic (exact) mass is 326 g/mol. The largest absolute Gasteiger partial charge is 0.357 e. The van der Waals surface area contributed by atoms with Gasteiger partial charge in [-0.2, -0.15) is 0 Å². The summed E-state index contributed by atoms with van der Waals surface area (Å²) >= 11 is 0. The molecule has 1 aliphatic rings. The van der Waals surface area contributed by atoms with Crippen LogP contribution in [-0.2, 0) is 6.54 Å². The highest BCUT2D eigenvalue weighted by molar-refractivity contribution is 5.85. The summed E-state index contributed by atoms with van der Waals surface area (Å²) in [5.74, 6) is 1.68. The molecule has 5 heteroatoms. The van der Waals surface area contributed by atoms with E-state index in [-0.39, 0.29) is 12.4 Å². The van der Waals surface area contributed by atoms with Crippen LogP contribution in [0.5, 0.6) is 0 Å². The number of nitrogens with two attached hydrogens (primary N) is 1. The van der Waals surface area contributed by atoms with Crippen LogP contribution in [0.4, 0.5) is 5.82 Å². The Morgan fingerprint density at radius 1 is 1.36 bits per heavy atom. The SMILES string of the molecule is CC(N)C1CCCN(Cc2ccc(N(C)C(C)C)nc2)C1.Cl. The zero-order chi connectivity index (χ0) is 15.4. The summed E-state index contributed by atoms with van der Waals surface area (Å²) in [7, 11) is 2.09. The molecular formula is C17H31ClN4. The molecule has 1 aromatic heterocycles. The second-order valence-electron chi connectivity index (χ2n) is 6.73. The quantitative estimate of drug-likeness (QED) is 0.903. The van der Waals surface area contributed by atoms with Crippen LogP contribution in [0.25, 0.3) is 0 Å². The molecule has 1 aliphatic heterocycles. The second-order valence-corrected chi connectivity index (χ2v) is 6.73. The normalized spacial score (nSPS) is 20.5. The first-order chi connectivity index (χ1) is 9.97. The number of aromatic nitrogens is 1. The molecule has 0 radical (unpaired) electrons. The molecule has 2 N–H and O–H groups in total. The first-order valence-corrected chi connectivity index (χ1v) is 8.13. The van der Waals surface area contributed by atoms with Crippen LogP contribution in [0.1, 0.15) is 39.2 Å². The molecule has 1 aromatic rings. The van der Waals surface area contributed by atoms with E-state index in [1.54, 1.807) is 0 Å². The topological polar surface area (TPSA) is 45.4 Å². The second kappa shape index (κ2) is 8.70. The van der Waals surface area contributed by atoms with Crippen molar-refractivity contribution in [1.82, 2.24) is 9.88 Å². The Balaban J connectivity index is 0.00000242. The van der Waals surface area contributed by atoms with E-state index in [1.807, 2.05) is 6.20 Å². The van der Waals surface area contributed by atoms with Gasteiger partial charge < -0.3 is 10.6 Å². The average Bonchev–Trinajstić information content (AvgIpc) is 2.47. The zero-order valence-corrected chi connectivity index (χ0v) is 15.1. The minimum Gasteiger partial charge on any atom is -0.357 e. The van der Waals surface area contributed by atoms with E-state index in [4.69, 9.17) is 5.73 Å². The number of likely N-dealkylation sites (tertiary alicyclic amines) is 1. The molecule has 0 aliphatic carbocycles. The van der Waals surface area contributed by atoms with Crippen molar-refractivity contribution in [3.8, 4) is 0 Å². The maximum atomic E-state index is 6.06. The Labute approximate surface area is 141 Å². The van der Waals surface area contributed by atoms with Crippen molar-refractivity contribution in [2.24, 2.45) is 11.7 Å². The Morgan fingerprint density at radius 2 is 2.09 bits per heavy atom. The highest BCUT2D eigenvalue weighted by atomic mass is 35.5. The Morgan fingerprint density at radius 3 is 2.64 bits per heavy atom. The van der Waals surface area contributed by atoms with Crippen molar-refractivity contribution in [2.75, 3.05) is 25.0 Å². The molecule has 1 fully saturated rings. The summed E-state index contributed by atoms with van der Waals surface area (Å²) in [6, 6.07) is 5.10. The molecule has 126 valence electrons. The van der Waals surface area contributed by atoms with Crippen LogP contribution in [-0.4, -0.2) is 42.1 Å². The molecule has 0 aromatic carbocycles. The van der Waals surface area contributed by atoms with E-state index < -0.39 is 0 Å². The Kier molecular flexibility index (Phi) is 7.60. The van der Waals surface area contributed by atoms with E-state index in [2.05, 4.69) is 54.7 Å². The lowest BCUT2D eigenvalue weighted by molar-refractivity contribution is 0.154. The summed E-state index contributed by atoms with van der Waals surface area (Å²) in [5.41, 5.74) is 7.35. The molecule has 0 bridgehead atoms. The van der Waals surface area contributed by atoms with Gasteiger partial charge in [-0.3, -0.25) is 4.90 Å². The first kappa shape index (κ1) is 19.2. The van der Waals surface area contributed by atoms with Crippen molar-refractivity contribution < 1.29 is 0 Å². The number of halogens is 1. The van der Waals surface area contributed by atoms with Gasteiger partial charge in [0.05, 0.1) is 0 Å². The van der Waals surface area contributed by atoms with Gasteiger partial charge >= 0.3 is 0 Å². The van der Waals surface area contributed by atoms with Crippen molar-refractivity contribution in [3.63, 3.8) is 0 Å². The lowest BCUT2D eigenvalue weighted by Crippen LogP contribution is -2.41. The van der Waals surface area contributed by atoms with Gasteiger partial charge in [-0.15, -0.1) is 12.4 Å². The fourth-order valence-electron chi connectivity index (χ4n) is 2.91. The molecule has 22 heavy (non-hydrogen) atoms. The molecule has 0 amide bonds. The maximum Gasteiger partial charge on any atom is 0.128 e. The fourth-order valence-corrected chi connectivity index (χ4v) is 2.91. The number of piperidine rings is 1. The van der Waals surface area contributed by atoms with Gasteiger partial charge in [0.25, 0.3) is 0 Å². The van der Waals surface area contributed by atoms with Crippen molar-refractivity contribution >= 4 is 18.2 Å². The number of hydrogen-bond acceptors (Lipinski definition) is 4. The van der Waals surface area contributed by atoms with Crippen molar-refractivity contribution in [2.45, 2.75) is 52.2 Å². The number of pyridine rings is 1. The Hall–Kier alpha value is -0.840. The third-order valence-corrected chi connectivity index (χ3v) is 4.64. The van der Waals surface area contributed by atoms with Gasteiger partial charge in [0.15, 0.2) is 0 Å². The molecule has 2 unspecified atom stereocenters. The Bertz CT molecular complexity index is 433. The molecule has 2 rings (SSSR count). The van der Waals surface area contributed by atoms with Crippen LogP contribution in [0, 0.1) is 5.92 Å². The molecule has 2 heterocycles. The van der Waals surface area contributed by atoms with E-state index in [0.717, 1.165) is 18.9 Å². The van der Waals surface area contributed by atoms with Gasteiger partial charge in [-0.25, -0.2) is 4.98 Å². The molecule has 4 nitrogen and oxygen atoms in total. The molecule has 2 atom stereocenters. The smallest absolute Gasteiger partial charge is 0.128 e. The summed E-state index contributed by atoms with van der Waals surface area (Å²) in [6.45, 7) is 9.77. The van der Waals surface area contributed by atoms with Gasteiger partial charge in [0.1, 0.15) is 5.82 Å². The summed E-state index contributed by atoms with van der Waals surface area (Å²) < 4.78 is 0. The third kappa shape index (κ3) is 5.11. The fraction of sp³-hybridized carbons (Fsp3) is 0.706. The van der Waals surface area contributed by atoms with Crippen molar-refractivity contribution in [3.05, 3.63) is 23.9 Å². The van der Waals surface area contributed by atoms with E-state index in [1.165, 1.54) is 24.9 Å². The lowest BCUT2D eigenvalue weighted by atomic mass is 9.92. The predicted molar refractivity (Wildman–Crippen MR) is 96.7 cm³/mol. The van der Waals surface area contributed by atoms with E-state index >= 15 is 0 Å². The zero-order valence-electron chi connectivity index (χ0n) is 14.3. The molecule has 0 saturated carbocycles. The number of nitrogens with zero attached hydrogens (tertiary/aromatic N) is 3. The molecule has 0 spiro atoms. The van der Waals surface area contributed by atoms with Crippen LogP contribution < -0.4 is 10.6 Å². The third-order valence-electron chi connectivity index (χ3n) is 4.64. The lowest BCUT2D eigenvalue weighted by Gasteiger charge is -2.34. The average molecular weight is 327 g/mol. The van der Waals surface area contributed by atoms with Crippen LogP contribution in [0.2, 0.25) is 0 Å². The number of rotatable bonds is 5. The van der Waals surface area contributed by atoms with Gasteiger partial charge in [-0.1, -0.05) is 6.07 Å². The standard InChI is InChI=1S/C17H30N4.ClH/c1-13(2)20(4)17-8-7-15(10-19-17)11-21-9-5-6-16(12-21)14(3)18;/h7-8,10,13-14,16H,5-6,9,11-12,18H2,1-4H3;1H. The molecule has 1 saturated heterocycles.